The number of hydrogen-bond acceptors (Lipinski definition) is 5. The molecule has 0 atom stereocenters. The molecule has 0 radical (unpaired) electrons. The third-order valence-corrected chi connectivity index (χ3v) is 2.96. The zero-order valence-electron chi connectivity index (χ0n) is 9.11. The van der Waals surface area contributed by atoms with Gasteiger partial charge in [-0.25, -0.2) is 0 Å². The van der Waals surface area contributed by atoms with Crippen LogP contribution in [0.2, 0.25) is 0 Å². The highest BCUT2D eigenvalue weighted by Crippen LogP contribution is 2.29. The summed E-state index contributed by atoms with van der Waals surface area (Å²) in [6.07, 6.45) is 5.72. The fourth-order valence-electron chi connectivity index (χ4n) is 2.09. The first-order valence-corrected chi connectivity index (χ1v) is 5.49. The Morgan fingerprint density at radius 3 is 2.94 bits per heavy atom. The molecular weight excluding hydrogens is 208 g/mol. The monoisotopic (exact) mass is 224 g/mol. The van der Waals surface area contributed by atoms with Crippen LogP contribution in [0, 0.1) is 0 Å². The first kappa shape index (κ1) is 11.1. The Morgan fingerprint density at radius 1 is 1.56 bits per heavy atom. The van der Waals surface area contributed by atoms with Crippen LogP contribution in [0.5, 0.6) is 0 Å². The second kappa shape index (κ2) is 4.61. The molecule has 1 heterocycles. The van der Waals surface area contributed by atoms with Gasteiger partial charge in [0.25, 0.3) is 0 Å². The molecule has 1 aromatic heterocycles. The number of hydrogen-bond donors (Lipinski definition) is 2. The largest absolute Gasteiger partial charge is 0.349 e. The fourth-order valence-corrected chi connectivity index (χ4v) is 2.09. The normalized spacial score (nSPS) is 18.6. The van der Waals surface area contributed by atoms with Gasteiger partial charge in [-0.3, -0.25) is 4.79 Å². The van der Waals surface area contributed by atoms with Gasteiger partial charge in [0.05, 0.1) is 6.54 Å². The molecule has 1 saturated carbocycles. The van der Waals surface area contributed by atoms with Crippen molar-refractivity contribution in [3.63, 3.8) is 0 Å². The Morgan fingerprint density at radius 2 is 2.31 bits per heavy atom. The average Bonchev–Trinajstić information content (AvgIpc) is 2.86. The van der Waals surface area contributed by atoms with E-state index in [2.05, 4.69) is 20.0 Å². The molecule has 3 N–H and O–H groups in total. The van der Waals surface area contributed by atoms with Crippen molar-refractivity contribution in [1.29, 1.82) is 0 Å². The van der Waals surface area contributed by atoms with Crippen LogP contribution in [0.3, 0.4) is 0 Å². The van der Waals surface area contributed by atoms with Gasteiger partial charge in [0.1, 0.15) is 0 Å². The quantitative estimate of drug-likeness (QED) is 0.769. The van der Waals surface area contributed by atoms with Crippen molar-refractivity contribution in [1.82, 2.24) is 15.5 Å². The number of aromatic nitrogens is 2. The summed E-state index contributed by atoms with van der Waals surface area (Å²) in [4.78, 5) is 15.4. The van der Waals surface area contributed by atoms with Crippen molar-refractivity contribution in [2.24, 2.45) is 5.73 Å². The Labute approximate surface area is 93.6 Å². The number of rotatable bonds is 4. The minimum Gasteiger partial charge on any atom is -0.349 e. The van der Waals surface area contributed by atoms with Crippen LogP contribution in [0.1, 0.15) is 37.9 Å². The summed E-state index contributed by atoms with van der Waals surface area (Å²) < 4.78 is 4.56. The maximum atomic E-state index is 11.6. The Bertz CT molecular complexity index is 344. The topological polar surface area (TPSA) is 94.0 Å². The van der Waals surface area contributed by atoms with Crippen LogP contribution in [0.15, 0.2) is 10.9 Å². The van der Waals surface area contributed by atoms with Crippen molar-refractivity contribution >= 4 is 5.91 Å². The lowest BCUT2D eigenvalue weighted by Crippen LogP contribution is -2.42. The zero-order chi connectivity index (χ0) is 11.4. The molecule has 6 nitrogen and oxygen atoms in total. The highest BCUT2D eigenvalue weighted by atomic mass is 16.5. The summed E-state index contributed by atoms with van der Waals surface area (Å²) in [7, 11) is 0. The summed E-state index contributed by atoms with van der Waals surface area (Å²) >= 11 is 0. The van der Waals surface area contributed by atoms with E-state index < -0.39 is 0 Å². The number of carbonyl (C=O) groups is 1. The summed E-state index contributed by atoms with van der Waals surface area (Å²) in [5.41, 5.74) is 5.79. The minimum absolute atomic E-state index is 0.0470. The number of amides is 1. The van der Waals surface area contributed by atoms with Gasteiger partial charge < -0.3 is 15.6 Å². The number of carbonyl (C=O) groups excluding carboxylic acids is 1. The second-order valence-corrected chi connectivity index (χ2v) is 4.37. The van der Waals surface area contributed by atoms with Crippen LogP contribution in [0.25, 0.3) is 0 Å². The smallest absolute Gasteiger partial charge is 0.222 e. The zero-order valence-corrected chi connectivity index (χ0v) is 9.11. The summed E-state index contributed by atoms with van der Waals surface area (Å²) in [5, 5.41) is 6.34. The standard InChI is InChI=1S/C10H16N4O2/c11-10(3-1-2-4-10)5-9(15)12-6-8-13-7-16-14-8/h7H,1-6,11H2,(H,12,15). The molecule has 1 amide bonds. The van der Waals surface area contributed by atoms with Gasteiger partial charge in [-0.05, 0) is 12.8 Å². The Hall–Kier alpha value is -1.43. The van der Waals surface area contributed by atoms with Gasteiger partial charge in [-0.15, -0.1) is 0 Å². The molecule has 16 heavy (non-hydrogen) atoms. The van der Waals surface area contributed by atoms with Crippen molar-refractivity contribution in [2.45, 2.75) is 44.2 Å². The summed E-state index contributed by atoms with van der Waals surface area (Å²) in [6.45, 7) is 0.297. The van der Waals surface area contributed by atoms with Crippen LogP contribution >= 0.6 is 0 Å². The number of nitrogens with one attached hydrogen (secondary N) is 1. The summed E-state index contributed by atoms with van der Waals surface area (Å²) in [6, 6.07) is 0. The van der Waals surface area contributed by atoms with Gasteiger partial charge in [-0.2, -0.15) is 4.98 Å². The van der Waals surface area contributed by atoms with Gasteiger partial charge in [-0.1, -0.05) is 18.0 Å². The molecule has 6 heteroatoms. The third-order valence-electron chi connectivity index (χ3n) is 2.96. The first-order chi connectivity index (χ1) is 7.68. The molecule has 1 fully saturated rings. The van der Waals surface area contributed by atoms with Crippen LogP contribution in [0.4, 0.5) is 0 Å². The van der Waals surface area contributed by atoms with E-state index in [-0.39, 0.29) is 11.4 Å². The lowest BCUT2D eigenvalue weighted by Gasteiger charge is -2.22. The molecule has 2 rings (SSSR count). The molecule has 0 bridgehead atoms. The van der Waals surface area contributed by atoms with E-state index in [9.17, 15) is 4.79 Å². The van der Waals surface area contributed by atoms with Gasteiger partial charge >= 0.3 is 0 Å². The third kappa shape index (κ3) is 2.79. The molecule has 88 valence electrons. The molecule has 0 saturated heterocycles. The van der Waals surface area contributed by atoms with Gasteiger partial charge in [0.2, 0.25) is 12.3 Å². The van der Waals surface area contributed by atoms with Crippen LogP contribution < -0.4 is 11.1 Å². The Kier molecular flexibility index (Phi) is 3.19. The molecular formula is C10H16N4O2. The maximum absolute atomic E-state index is 11.6. The van der Waals surface area contributed by atoms with Crippen molar-refractivity contribution in [3.05, 3.63) is 12.2 Å². The predicted molar refractivity (Wildman–Crippen MR) is 56.1 cm³/mol. The van der Waals surface area contributed by atoms with Crippen LogP contribution in [-0.2, 0) is 11.3 Å². The number of nitrogens with zero attached hydrogens (tertiary/aromatic N) is 2. The van der Waals surface area contributed by atoms with Gasteiger partial charge in [0.15, 0.2) is 5.82 Å². The highest BCUT2D eigenvalue weighted by Gasteiger charge is 2.31. The van der Waals surface area contributed by atoms with Crippen LogP contribution in [-0.4, -0.2) is 21.6 Å². The van der Waals surface area contributed by atoms with E-state index in [1.165, 1.54) is 6.39 Å². The minimum atomic E-state index is -0.304. The predicted octanol–water partition coefficient (Wildman–Crippen LogP) is 0.347. The lowest BCUT2D eigenvalue weighted by molar-refractivity contribution is -0.122. The molecule has 1 aromatic rings. The van der Waals surface area contributed by atoms with E-state index in [0.717, 1.165) is 25.7 Å². The van der Waals surface area contributed by atoms with E-state index in [0.29, 0.717) is 18.8 Å². The van der Waals surface area contributed by atoms with E-state index in [1.807, 2.05) is 0 Å². The molecule has 0 aromatic carbocycles. The number of nitrogens with two attached hydrogens (primary N) is 1. The van der Waals surface area contributed by atoms with E-state index >= 15 is 0 Å². The average molecular weight is 224 g/mol. The fraction of sp³-hybridized carbons (Fsp3) is 0.700. The first-order valence-electron chi connectivity index (χ1n) is 5.49. The molecule has 0 aliphatic heterocycles. The van der Waals surface area contributed by atoms with Crippen molar-refractivity contribution in [3.8, 4) is 0 Å². The highest BCUT2D eigenvalue weighted by molar-refractivity contribution is 5.77. The lowest BCUT2D eigenvalue weighted by atomic mass is 9.94. The molecule has 1 aliphatic rings. The van der Waals surface area contributed by atoms with Gasteiger partial charge in [0, 0.05) is 12.0 Å². The van der Waals surface area contributed by atoms with Crippen molar-refractivity contribution in [2.75, 3.05) is 0 Å². The summed E-state index contributed by atoms with van der Waals surface area (Å²) in [5.74, 6) is 0.431. The molecule has 1 aliphatic carbocycles. The second-order valence-electron chi connectivity index (χ2n) is 4.37. The SMILES string of the molecule is NC1(CC(=O)NCc2ncon2)CCCC1. The van der Waals surface area contributed by atoms with Crippen molar-refractivity contribution < 1.29 is 9.32 Å². The van der Waals surface area contributed by atoms with E-state index in [1.54, 1.807) is 0 Å². The Balaban J connectivity index is 1.76. The maximum Gasteiger partial charge on any atom is 0.222 e. The molecule has 0 unspecified atom stereocenters. The molecule has 0 spiro atoms. The van der Waals surface area contributed by atoms with E-state index in [4.69, 9.17) is 5.73 Å².